The summed E-state index contributed by atoms with van der Waals surface area (Å²) < 4.78 is 1.64. The SMILES string of the molecule is O=C(Nc1cccc(-c2nn3cnnc3s2)c1)c1ccc2ccccc2c1. The van der Waals surface area contributed by atoms with Gasteiger partial charge in [0.2, 0.25) is 4.96 Å². The molecule has 1 amide bonds. The topological polar surface area (TPSA) is 72.2 Å². The van der Waals surface area contributed by atoms with Gasteiger partial charge in [-0.2, -0.15) is 9.61 Å². The Kier molecular flexibility index (Phi) is 3.65. The fourth-order valence-corrected chi connectivity index (χ4v) is 3.76. The molecule has 2 heterocycles. The van der Waals surface area contributed by atoms with Gasteiger partial charge in [-0.1, -0.05) is 53.8 Å². The molecule has 130 valence electrons. The quantitative estimate of drug-likeness (QED) is 0.514. The Morgan fingerprint density at radius 2 is 1.85 bits per heavy atom. The first-order chi connectivity index (χ1) is 13.3. The number of aromatic nitrogens is 4. The first kappa shape index (κ1) is 15.7. The van der Waals surface area contributed by atoms with Gasteiger partial charge < -0.3 is 5.32 Å². The number of benzene rings is 3. The van der Waals surface area contributed by atoms with Crippen LogP contribution in [0, 0.1) is 0 Å². The highest BCUT2D eigenvalue weighted by Gasteiger charge is 2.10. The molecule has 0 saturated carbocycles. The molecule has 0 spiro atoms. The molecule has 0 fully saturated rings. The molecule has 0 aliphatic heterocycles. The van der Waals surface area contributed by atoms with E-state index in [1.165, 1.54) is 11.3 Å². The molecular weight excluding hydrogens is 358 g/mol. The first-order valence-corrected chi connectivity index (χ1v) is 9.15. The highest BCUT2D eigenvalue weighted by atomic mass is 32.1. The summed E-state index contributed by atoms with van der Waals surface area (Å²) in [4.78, 5) is 13.4. The lowest BCUT2D eigenvalue weighted by Crippen LogP contribution is -2.11. The molecule has 27 heavy (non-hydrogen) atoms. The maximum Gasteiger partial charge on any atom is 0.255 e. The normalized spacial score (nSPS) is 11.1. The number of fused-ring (bicyclic) bond motifs is 2. The zero-order chi connectivity index (χ0) is 18.2. The van der Waals surface area contributed by atoms with E-state index >= 15 is 0 Å². The van der Waals surface area contributed by atoms with Gasteiger partial charge >= 0.3 is 0 Å². The molecule has 0 unspecified atom stereocenters. The van der Waals surface area contributed by atoms with Crippen molar-refractivity contribution in [2.75, 3.05) is 5.32 Å². The average molecular weight is 371 g/mol. The number of hydrogen-bond acceptors (Lipinski definition) is 5. The van der Waals surface area contributed by atoms with Crippen LogP contribution in [0.3, 0.4) is 0 Å². The van der Waals surface area contributed by atoms with Gasteiger partial charge in [0, 0.05) is 16.8 Å². The Labute approximate surface area is 158 Å². The molecule has 0 aliphatic carbocycles. The predicted molar refractivity (Wildman–Crippen MR) is 106 cm³/mol. The Bertz CT molecular complexity index is 1260. The Balaban J connectivity index is 1.42. The second kappa shape index (κ2) is 6.30. The zero-order valence-corrected chi connectivity index (χ0v) is 14.9. The maximum atomic E-state index is 12.7. The van der Waals surface area contributed by atoms with Crippen LogP contribution in [0.5, 0.6) is 0 Å². The summed E-state index contributed by atoms with van der Waals surface area (Å²) in [6, 6.07) is 21.3. The molecule has 7 heteroatoms. The fourth-order valence-electron chi connectivity index (χ4n) is 2.94. The van der Waals surface area contributed by atoms with Crippen LogP contribution in [0.4, 0.5) is 5.69 Å². The summed E-state index contributed by atoms with van der Waals surface area (Å²) in [7, 11) is 0. The first-order valence-electron chi connectivity index (χ1n) is 8.34. The van der Waals surface area contributed by atoms with E-state index in [1.807, 2.05) is 66.7 Å². The lowest BCUT2D eigenvalue weighted by atomic mass is 10.1. The minimum Gasteiger partial charge on any atom is -0.322 e. The van der Waals surface area contributed by atoms with Gasteiger partial charge in [0.15, 0.2) is 0 Å². The van der Waals surface area contributed by atoms with E-state index in [2.05, 4.69) is 20.6 Å². The molecule has 5 aromatic rings. The van der Waals surface area contributed by atoms with Crippen molar-refractivity contribution in [1.82, 2.24) is 19.8 Å². The monoisotopic (exact) mass is 371 g/mol. The second-order valence-corrected chi connectivity index (χ2v) is 7.02. The van der Waals surface area contributed by atoms with Crippen molar-refractivity contribution in [2.24, 2.45) is 0 Å². The third-order valence-corrected chi connectivity index (χ3v) is 5.23. The lowest BCUT2D eigenvalue weighted by molar-refractivity contribution is 0.102. The van der Waals surface area contributed by atoms with Crippen LogP contribution in [0.25, 0.3) is 26.3 Å². The van der Waals surface area contributed by atoms with Crippen LogP contribution < -0.4 is 5.32 Å². The van der Waals surface area contributed by atoms with Crippen molar-refractivity contribution in [3.05, 3.63) is 78.6 Å². The van der Waals surface area contributed by atoms with Crippen LogP contribution >= 0.6 is 11.3 Å². The largest absolute Gasteiger partial charge is 0.322 e. The summed E-state index contributed by atoms with van der Waals surface area (Å²) in [6.07, 6.45) is 1.57. The number of amides is 1. The molecular formula is C20H13N5OS. The Hall–Kier alpha value is -3.58. The number of anilines is 1. The summed E-state index contributed by atoms with van der Waals surface area (Å²) in [5.41, 5.74) is 2.26. The third-order valence-electron chi connectivity index (χ3n) is 4.27. The lowest BCUT2D eigenvalue weighted by Gasteiger charge is -2.07. The number of hydrogen-bond donors (Lipinski definition) is 1. The number of carbonyl (C=O) groups excluding carboxylic acids is 1. The van der Waals surface area contributed by atoms with Crippen molar-refractivity contribution in [1.29, 1.82) is 0 Å². The standard InChI is InChI=1S/C20H13N5OS/c26-18(15-9-8-13-4-1-2-5-14(13)10-15)22-17-7-3-6-16(11-17)19-24-25-12-21-23-20(25)27-19/h1-12H,(H,22,26). The second-order valence-electron chi connectivity index (χ2n) is 6.06. The van der Waals surface area contributed by atoms with Crippen molar-refractivity contribution in [3.8, 4) is 10.6 Å². The highest BCUT2D eigenvalue weighted by molar-refractivity contribution is 7.19. The predicted octanol–water partition coefficient (Wildman–Crippen LogP) is 4.26. The van der Waals surface area contributed by atoms with Gasteiger partial charge in [0.25, 0.3) is 5.91 Å². The van der Waals surface area contributed by atoms with Crippen molar-refractivity contribution < 1.29 is 4.79 Å². The molecule has 1 N–H and O–H groups in total. The van der Waals surface area contributed by atoms with Crippen molar-refractivity contribution >= 4 is 38.7 Å². The fraction of sp³-hybridized carbons (Fsp3) is 0. The van der Waals surface area contributed by atoms with Gasteiger partial charge in [-0.25, -0.2) is 0 Å². The zero-order valence-electron chi connectivity index (χ0n) is 14.0. The number of carbonyl (C=O) groups is 1. The van der Waals surface area contributed by atoms with Crippen LogP contribution in [-0.2, 0) is 0 Å². The van der Waals surface area contributed by atoms with Crippen LogP contribution in [0.2, 0.25) is 0 Å². The van der Waals surface area contributed by atoms with E-state index in [4.69, 9.17) is 0 Å². The summed E-state index contributed by atoms with van der Waals surface area (Å²) in [6.45, 7) is 0. The smallest absolute Gasteiger partial charge is 0.255 e. The minimum absolute atomic E-state index is 0.143. The molecule has 0 bridgehead atoms. The number of nitrogens with zero attached hydrogens (tertiary/aromatic N) is 4. The van der Waals surface area contributed by atoms with E-state index < -0.39 is 0 Å². The van der Waals surface area contributed by atoms with E-state index in [-0.39, 0.29) is 5.91 Å². The summed E-state index contributed by atoms with van der Waals surface area (Å²) in [5, 5.41) is 18.2. The van der Waals surface area contributed by atoms with Crippen LogP contribution in [0.15, 0.2) is 73.1 Å². The van der Waals surface area contributed by atoms with Gasteiger partial charge in [-0.05, 0) is 35.0 Å². The van der Waals surface area contributed by atoms with Gasteiger partial charge in [-0.15, -0.1) is 10.2 Å². The van der Waals surface area contributed by atoms with Gasteiger partial charge in [0.05, 0.1) is 0 Å². The molecule has 0 saturated heterocycles. The third kappa shape index (κ3) is 2.94. The minimum atomic E-state index is -0.143. The van der Waals surface area contributed by atoms with Gasteiger partial charge in [-0.3, -0.25) is 4.79 Å². The Morgan fingerprint density at radius 1 is 0.963 bits per heavy atom. The average Bonchev–Trinajstić information content (AvgIpc) is 3.30. The number of rotatable bonds is 3. The molecule has 5 rings (SSSR count). The van der Waals surface area contributed by atoms with Crippen LogP contribution in [0.1, 0.15) is 10.4 Å². The van der Waals surface area contributed by atoms with E-state index in [1.54, 1.807) is 10.8 Å². The molecule has 0 atom stereocenters. The Morgan fingerprint density at radius 3 is 2.74 bits per heavy atom. The maximum absolute atomic E-state index is 12.7. The molecule has 6 nitrogen and oxygen atoms in total. The molecule has 2 aromatic heterocycles. The summed E-state index contributed by atoms with van der Waals surface area (Å²) >= 11 is 1.45. The molecule has 0 aliphatic rings. The summed E-state index contributed by atoms with van der Waals surface area (Å²) in [5.74, 6) is -0.143. The molecule has 3 aromatic carbocycles. The van der Waals surface area contributed by atoms with E-state index in [9.17, 15) is 4.79 Å². The highest BCUT2D eigenvalue weighted by Crippen LogP contribution is 2.27. The van der Waals surface area contributed by atoms with Gasteiger partial charge in [0.1, 0.15) is 11.3 Å². The van der Waals surface area contributed by atoms with E-state index in [0.717, 1.165) is 32.0 Å². The molecule has 0 radical (unpaired) electrons. The van der Waals surface area contributed by atoms with Crippen molar-refractivity contribution in [3.63, 3.8) is 0 Å². The number of nitrogens with one attached hydrogen (secondary N) is 1. The van der Waals surface area contributed by atoms with Crippen molar-refractivity contribution in [2.45, 2.75) is 0 Å². The van der Waals surface area contributed by atoms with Crippen LogP contribution in [-0.4, -0.2) is 25.7 Å². The van der Waals surface area contributed by atoms with E-state index in [0.29, 0.717) is 5.56 Å².